The number of halogens is 6. The number of amides is 2. The fraction of sp³-hybridized carbons (Fsp3) is 0.263. The Morgan fingerprint density at radius 3 is 2.39 bits per heavy atom. The number of fused-ring (bicyclic) bond motifs is 1. The predicted molar refractivity (Wildman–Crippen MR) is 115 cm³/mol. The highest BCUT2D eigenvalue weighted by molar-refractivity contribution is 7.18. The molecule has 190 valence electrons. The van der Waals surface area contributed by atoms with Crippen LogP contribution in [0.4, 0.5) is 42.5 Å². The summed E-state index contributed by atoms with van der Waals surface area (Å²) in [5.41, 5.74) is -2.67. The summed E-state index contributed by atoms with van der Waals surface area (Å²) in [6, 6.07) is -0.563. The third-order valence-electron chi connectivity index (χ3n) is 4.65. The molecule has 0 aliphatic rings. The summed E-state index contributed by atoms with van der Waals surface area (Å²) in [7, 11) is 0.841. The van der Waals surface area contributed by atoms with Crippen LogP contribution in [0.2, 0.25) is 0 Å². The van der Waals surface area contributed by atoms with E-state index in [1.54, 1.807) is 6.92 Å². The van der Waals surface area contributed by atoms with E-state index in [0.29, 0.717) is 15.9 Å². The zero-order valence-corrected chi connectivity index (χ0v) is 19.0. The van der Waals surface area contributed by atoms with E-state index in [1.807, 2.05) is 0 Å². The van der Waals surface area contributed by atoms with Gasteiger partial charge in [0.25, 0.3) is 0 Å². The molecule has 0 aromatic carbocycles. The van der Waals surface area contributed by atoms with Gasteiger partial charge in [0, 0.05) is 12.7 Å². The second kappa shape index (κ2) is 9.30. The minimum absolute atomic E-state index is 0.128. The Morgan fingerprint density at radius 1 is 1.08 bits per heavy atom. The number of aromatic nitrogens is 6. The second-order valence-corrected chi connectivity index (χ2v) is 8.30. The summed E-state index contributed by atoms with van der Waals surface area (Å²) < 4.78 is 86.4. The number of pyridine rings is 2. The van der Waals surface area contributed by atoms with Crippen molar-refractivity contribution in [2.24, 2.45) is 0 Å². The summed E-state index contributed by atoms with van der Waals surface area (Å²) in [4.78, 5) is 25.2. The molecule has 1 atom stereocenters. The maximum atomic E-state index is 13.7. The molecule has 0 aliphatic carbocycles. The van der Waals surface area contributed by atoms with E-state index in [4.69, 9.17) is 0 Å². The van der Waals surface area contributed by atoms with Crippen molar-refractivity contribution in [2.45, 2.75) is 25.4 Å². The molecule has 0 spiro atoms. The van der Waals surface area contributed by atoms with Crippen molar-refractivity contribution in [2.75, 3.05) is 17.7 Å². The van der Waals surface area contributed by atoms with Gasteiger partial charge in [0.15, 0.2) is 11.9 Å². The molecule has 0 aliphatic heterocycles. The normalized spacial score (nSPS) is 13.1. The van der Waals surface area contributed by atoms with Gasteiger partial charge in [-0.3, -0.25) is 0 Å². The topological polar surface area (TPSA) is 120 Å². The van der Waals surface area contributed by atoms with E-state index in [1.165, 1.54) is 0 Å². The Hall–Kier alpha value is -3.86. The molecule has 4 heterocycles. The molecule has 0 bridgehead atoms. The summed E-state index contributed by atoms with van der Waals surface area (Å²) in [5, 5.41) is 12.0. The average Bonchev–Trinajstić information content (AvgIpc) is 3.43. The van der Waals surface area contributed by atoms with Crippen LogP contribution in [0, 0.1) is 6.92 Å². The van der Waals surface area contributed by atoms with Crippen LogP contribution < -0.4 is 10.6 Å². The van der Waals surface area contributed by atoms with Gasteiger partial charge in [-0.15, -0.1) is 4.80 Å². The summed E-state index contributed by atoms with van der Waals surface area (Å²) >= 11 is 1.04. The van der Waals surface area contributed by atoms with Gasteiger partial charge in [-0.1, -0.05) is 11.3 Å². The number of aryl methyl sites for hydroxylation is 1. The summed E-state index contributed by atoms with van der Waals surface area (Å²) in [5.74, 6) is -0.637. The molecular formula is C19H14F6N8O2S. The van der Waals surface area contributed by atoms with Gasteiger partial charge >= 0.3 is 18.4 Å². The number of hydrogen-bond acceptors (Lipinski definition) is 8. The third-order valence-corrected chi connectivity index (χ3v) is 5.53. The lowest BCUT2D eigenvalue weighted by Gasteiger charge is -2.22. The van der Waals surface area contributed by atoms with Crippen LogP contribution in [0.15, 0.2) is 30.9 Å². The zero-order chi connectivity index (χ0) is 26.3. The van der Waals surface area contributed by atoms with Crippen LogP contribution in [0.1, 0.15) is 22.2 Å². The molecule has 0 saturated heterocycles. The van der Waals surface area contributed by atoms with Crippen LogP contribution in [0.25, 0.3) is 16.2 Å². The molecule has 0 saturated carbocycles. The van der Waals surface area contributed by atoms with E-state index in [2.05, 4.69) is 40.5 Å². The largest absolute Gasteiger partial charge is 0.420 e. The summed E-state index contributed by atoms with van der Waals surface area (Å²) in [6.45, 7) is 1.57. The molecule has 2 amide bonds. The van der Waals surface area contributed by atoms with Crippen molar-refractivity contribution in [1.82, 2.24) is 29.9 Å². The maximum Gasteiger partial charge on any atom is 0.420 e. The molecule has 10 nitrogen and oxygen atoms in total. The molecule has 4 rings (SSSR count). The van der Waals surface area contributed by atoms with E-state index >= 15 is 0 Å². The zero-order valence-electron chi connectivity index (χ0n) is 18.1. The van der Waals surface area contributed by atoms with Gasteiger partial charge in [0.1, 0.15) is 15.9 Å². The van der Waals surface area contributed by atoms with E-state index < -0.39 is 52.8 Å². The molecule has 17 heteroatoms. The standard InChI is InChI=1S/C19H14F6N8O2S/c1-8-30-13-12(14(35-2)19(23,24)25)11(7-27-16(13)36-8)32-17(34)31-9-5-10(18(20,21)22)15(26-6-9)33-28-3-4-29-33/h3-7,14H,1-2H3,(H2,31,32,34). The SMILES string of the molecule is COC(c1c(NC(=O)Nc2cnc(-n3nccn3)c(C(F)(F)F)c2)cnc2sc(C)nc12)C(F)(F)F. The van der Waals surface area contributed by atoms with Crippen LogP contribution >= 0.6 is 11.3 Å². The number of hydrogen-bond donors (Lipinski definition) is 2. The minimum atomic E-state index is -4.88. The highest BCUT2D eigenvalue weighted by atomic mass is 32.1. The molecule has 4 aromatic heterocycles. The van der Waals surface area contributed by atoms with Crippen LogP contribution in [0.3, 0.4) is 0 Å². The number of anilines is 2. The van der Waals surface area contributed by atoms with Crippen molar-refractivity contribution in [3.05, 3.63) is 47.0 Å². The number of nitrogens with one attached hydrogen (secondary N) is 2. The van der Waals surface area contributed by atoms with E-state index in [-0.39, 0.29) is 10.3 Å². The van der Waals surface area contributed by atoms with Crippen molar-refractivity contribution >= 4 is 39.1 Å². The number of rotatable bonds is 5. The molecule has 36 heavy (non-hydrogen) atoms. The number of urea groups is 1. The van der Waals surface area contributed by atoms with E-state index in [9.17, 15) is 31.1 Å². The number of alkyl halides is 6. The van der Waals surface area contributed by atoms with Gasteiger partial charge in [-0.2, -0.15) is 36.5 Å². The third kappa shape index (κ3) is 5.06. The number of ether oxygens (including phenoxy) is 1. The first-order valence-electron chi connectivity index (χ1n) is 9.76. The molecule has 0 fully saturated rings. The number of nitrogens with zero attached hydrogens (tertiary/aromatic N) is 6. The first-order valence-corrected chi connectivity index (χ1v) is 10.6. The maximum absolute atomic E-state index is 13.7. The first kappa shape index (κ1) is 25.2. The number of carbonyl (C=O) groups is 1. The Balaban J connectivity index is 1.67. The summed E-state index contributed by atoms with van der Waals surface area (Å²) in [6.07, 6.45) is -8.00. The molecular weight excluding hydrogens is 518 g/mol. The smallest absolute Gasteiger partial charge is 0.367 e. The monoisotopic (exact) mass is 532 g/mol. The van der Waals surface area contributed by atoms with Crippen LogP contribution in [-0.2, 0) is 10.9 Å². The predicted octanol–water partition coefficient (Wildman–Crippen LogP) is 4.89. The van der Waals surface area contributed by atoms with E-state index in [0.717, 1.165) is 43.2 Å². The van der Waals surface area contributed by atoms with Crippen LogP contribution in [0.5, 0.6) is 0 Å². The fourth-order valence-electron chi connectivity index (χ4n) is 3.28. The second-order valence-electron chi connectivity index (χ2n) is 7.12. The van der Waals surface area contributed by atoms with Gasteiger partial charge in [0.2, 0.25) is 0 Å². The number of thiazole rings is 1. The molecule has 0 radical (unpaired) electrons. The minimum Gasteiger partial charge on any atom is -0.367 e. The quantitative estimate of drug-likeness (QED) is 0.351. The van der Waals surface area contributed by atoms with Gasteiger partial charge in [0.05, 0.1) is 41.2 Å². The Morgan fingerprint density at radius 2 is 1.78 bits per heavy atom. The van der Waals surface area contributed by atoms with Crippen molar-refractivity contribution < 1.29 is 35.9 Å². The lowest BCUT2D eigenvalue weighted by atomic mass is 10.1. The lowest BCUT2D eigenvalue weighted by Crippen LogP contribution is -2.26. The lowest BCUT2D eigenvalue weighted by molar-refractivity contribution is -0.215. The highest BCUT2D eigenvalue weighted by Crippen LogP contribution is 2.42. The molecule has 2 N–H and O–H groups in total. The van der Waals surface area contributed by atoms with Crippen LogP contribution in [-0.4, -0.2) is 49.3 Å². The Labute approximate surface area is 201 Å². The Bertz CT molecular complexity index is 1400. The van der Waals surface area contributed by atoms with Crippen molar-refractivity contribution in [3.8, 4) is 5.82 Å². The number of methoxy groups -OCH3 is 1. The average molecular weight is 532 g/mol. The number of carbonyl (C=O) groups excluding carboxylic acids is 1. The van der Waals surface area contributed by atoms with Gasteiger partial charge in [-0.25, -0.2) is 19.7 Å². The molecule has 4 aromatic rings. The van der Waals surface area contributed by atoms with Gasteiger partial charge in [-0.05, 0) is 13.0 Å². The highest BCUT2D eigenvalue weighted by Gasteiger charge is 2.44. The van der Waals surface area contributed by atoms with Gasteiger partial charge < -0.3 is 15.4 Å². The van der Waals surface area contributed by atoms with Crippen molar-refractivity contribution in [1.29, 1.82) is 0 Å². The molecule has 1 unspecified atom stereocenters. The Kier molecular flexibility index (Phi) is 6.52. The fourth-order valence-corrected chi connectivity index (χ4v) is 4.06. The first-order chi connectivity index (χ1) is 16.9. The van der Waals surface area contributed by atoms with Crippen molar-refractivity contribution in [3.63, 3.8) is 0 Å².